The number of ether oxygens (including phenoxy) is 1. The largest absolute Gasteiger partial charge is 0.496 e. The van der Waals surface area contributed by atoms with E-state index >= 15 is 0 Å². The number of carbonyl (C=O) groups excluding carboxylic acids is 1. The standard InChI is InChI=1S/C23H30ClN3O3/c1-30-22-14-20(25)19(24)13-18(22)23(29)26-15-16-7-10-27(11-8-16)12-9-21(28)17-5-3-2-4-6-17/h2-6,13-14,16,21,28H,7-12,15,25H2,1H3,(H,26,29). The van der Waals surface area contributed by atoms with Crippen LogP contribution >= 0.6 is 11.6 Å². The van der Waals surface area contributed by atoms with Crippen LogP contribution in [-0.4, -0.2) is 49.2 Å². The first-order valence-corrected chi connectivity index (χ1v) is 10.7. The molecule has 0 bridgehead atoms. The first-order chi connectivity index (χ1) is 14.5. The molecule has 162 valence electrons. The van der Waals surface area contributed by atoms with Crippen molar-refractivity contribution in [2.75, 3.05) is 39.0 Å². The Morgan fingerprint density at radius 1 is 1.30 bits per heavy atom. The highest BCUT2D eigenvalue weighted by molar-refractivity contribution is 6.33. The summed E-state index contributed by atoms with van der Waals surface area (Å²) in [6.07, 6.45) is 2.33. The lowest BCUT2D eigenvalue weighted by molar-refractivity contribution is 0.0925. The lowest BCUT2D eigenvalue weighted by atomic mass is 9.96. The molecule has 1 atom stereocenters. The predicted molar refractivity (Wildman–Crippen MR) is 120 cm³/mol. The minimum atomic E-state index is -0.426. The first kappa shape index (κ1) is 22.4. The topological polar surface area (TPSA) is 87.8 Å². The molecule has 1 fully saturated rings. The van der Waals surface area contributed by atoms with E-state index in [1.807, 2.05) is 30.3 Å². The van der Waals surface area contributed by atoms with Gasteiger partial charge >= 0.3 is 0 Å². The Morgan fingerprint density at radius 3 is 2.67 bits per heavy atom. The number of hydrogen-bond donors (Lipinski definition) is 3. The quantitative estimate of drug-likeness (QED) is 0.557. The van der Waals surface area contributed by atoms with Gasteiger partial charge < -0.3 is 25.8 Å². The minimum Gasteiger partial charge on any atom is -0.496 e. The Kier molecular flexibility index (Phi) is 7.96. The number of halogens is 1. The molecule has 3 rings (SSSR count). The van der Waals surface area contributed by atoms with Crippen molar-refractivity contribution in [2.24, 2.45) is 5.92 Å². The Labute approximate surface area is 183 Å². The highest BCUT2D eigenvalue weighted by atomic mass is 35.5. The van der Waals surface area contributed by atoms with Crippen LogP contribution in [0.1, 0.15) is 41.3 Å². The van der Waals surface area contributed by atoms with E-state index in [0.29, 0.717) is 34.5 Å². The van der Waals surface area contributed by atoms with Crippen molar-refractivity contribution in [1.29, 1.82) is 0 Å². The van der Waals surface area contributed by atoms with Crippen LogP contribution in [0.4, 0.5) is 5.69 Å². The SMILES string of the molecule is COc1cc(N)c(Cl)cc1C(=O)NCC1CCN(CCC(O)c2ccccc2)CC1. The number of nitrogens with two attached hydrogens (primary N) is 1. The summed E-state index contributed by atoms with van der Waals surface area (Å²) in [7, 11) is 1.50. The van der Waals surface area contributed by atoms with Gasteiger partial charge in [0.2, 0.25) is 0 Å². The number of aliphatic hydroxyl groups excluding tert-OH is 1. The molecule has 1 saturated heterocycles. The van der Waals surface area contributed by atoms with E-state index in [4.69, 9.17) is 22.1 Å². The van der Waals surface area contributed by atoms with Gasteiger partial charge in [0.1, 0.15) is 5.75 Å². The van der Waals surface area contributed by atoms with E-state index in [-0.39, 0.29) is 5.91 Å². The monoisotopic (exact) mass is 431 g/mol. The Hall–Kier alpha value is -2.28. The maximum atomic E-state index is 12.6. The van der Waals surface area contributed by atoms with Crippen LogP contribution in [0.5, 0.6) is 5.75 Å². The van der Waals surface area contributed by atoms with Crippen molar-refractivity contribution in [2.45, 2.75) is 25.4 Å². The highest BCUT2D eigenvalue weighted by Crippen LogP contribution is 2.29. The molecule has 0 spiro atoms. The summed E-state index contributed by atoms with van der Waals surface area (Å²) in [5, 5.41) is 13.7. The van der Waals surface area contributed by atoms with E-state index in [0.717, 1.165) is 44.5 Å². The molecule has 1 unspecified atom stereocenters. The molecule has 4 N–H and O–H groups in total. The van der Waals surface area contributed by atoms with Crippen molar-refractivity contribution >= 4 is 23.2 Å². The van der Waals surface area contributed by atoms with Crippen LogP contribution in [0.15, 0.2) is 42.5 Å². The number of nitrogens with one attached hydrogen (secondary N) is 1. The molecule has 0 aliphatic carbocycles. The number of likely N-dealkylation sites (tertiary alicyclic amines) is 1. The van der Waals surface area contributed by atoms with Crippen LogP contribution < -0.4 is 15.8 Å². The Bertz CT molecular complexity index is 839. The summed E-state index contributed by atoms with van der Waals surface area (Å²) in [5.74, 6) is 0.642. The number of rotatable bonds is 8. The molecule has 1 aliphatic heterocycles. The van der Waals surface area contributed by atoms with Gasteiger partial charge in [-0.2, -0.15) is 0 Å². The van der Waals surface area contributed by atoms with Crippen LogP contribution in [0.25, 0.3) is 0 Å². The minimum absolute atomic E-state index is 0.206. The van der Waals surface area contributed by atoms with E-state index in [1.165, 1.54) is 7.11 Å². The van der Waals surface area contributed by atoms with Crippen molar-refractivity contribution < 1.29 is 14.6 Å². The number of carbonyl (C=O) groups is 1. The van der Waals surface area contributed by atoms with Crippen molar-refractivity contribution in [3.05, 3.63) is 58.6 Å². The van der Waals surface area contributed by atoms with Gasteiger partial charge in [-0.25, -0.2) is 0 Å². The van der Waals surface area contributed by atoms with Crippen LogP contribution in [0.2, 0.25) is 5.02 Å². The van der Waals surface area contributed by atoms with Gasteiger partial charge in [-0.1, -0.05) is 41.9 Å². The number of piperidine rings is 1. The molecular formula is C23H30ClN3O3. The maximum Gasteiger partial charge on any atom is 0.255 e. The molecular weight excluding hydrogens is 402 g/mol. The van der Waals surface area contributed by atoms with Gasteiger partial charge in [0.25, 0.3) is 5.91 Å². The number of benzene rings is 2. The van der Waals surface area contributed by atoms with Crippen LogP contribution in [-0.2, 0) is 0 Å². The maximum absolute atomic E-state index is 12.6. The lowest BCUT2D eigenvalue weighted by Crippen LogP contribution is -2.39. The summed E-state index contributed by atoms with van der Waals surface area (Å²) < 4.78 is 5.26. The molecule has 30 heavy (non-hydrogen) atoms. The third kappa shape index (κ3) is 5.88. The molecule has 1 amide bonds. The number of methoxy groups -OCH3 is 1. The fourth-order valence-electron chi connectivity index (χ4n) is 3.81. The zero-order chi connectivity index (χ0) is 21.5. The smallest absolute Gasteiger partial charge is 0.255 e. The molecule has 0 radical (unpaired) electrons. The number of nitrogens with zero attached hydrogens (tertiary/aromatic N) is 1. The van der Waals surface area contributed by atoms with E-state index in [9.17, 15) is 9.90 Å². The molecule has 6 nitrogen and oxygen atoms in total. The molecule has 0 saturated carbocycles. The van der Waals surface area contributed by atoms with E-state index < -0.39 is 6.10 Å². The number of amides is 1. The Balaban J connectivity index is 1.42. The molecule has 2 aromatic carbocycles. The van der Waals surface area contributed by atoms with Gasteiger partial charge in [0.15, 0.2) is 0 Å². The van der Waals surface area contributed by atoms with Gasteiger partial charge in [0, 0.05) is 19.2 Å². The number of aliphatic hydroxyl groups is 1. The zero-order valence-corrected chi connectivity index (χ0v) is 18.1. The molecule has 0 aromatic heterocycles. The second kappa shape index (κ2) is 10.7. The van der Waals surface area contributed by atoms with Gasteiger partial charge in [-0.15, -0.1) is 0 Å². The second-order valence-corrected chi connectivity index (χ2v) is 8.19. The van der Waals surface area contributed by atoms with Crippen molar-refractivity contribution in [1.82, 2.24) is 10.2 Å². The fourth-order valence-corrected chi connectivity index (χ4v) is 3.97. The number of hydrogen-bond acceptors (Lipinski definition) is 5. The molecule has 2 aromatic rings. The Morgan fingerprint density at radius 2 is 2.00 bits per heavy atom. The third-order valence-electron chi connectivity index (χ3n) is 5.72. The molecule has 1 heterocycles. The average Bonchev–Trinajstić information content (AvgIpc) is 2.78. The van der Waals surface area contributed by atoms with Gasteiger partial charge in [-0.3, -0.25) is 4.79 Å². The predicted octanol–water partition coefficient (Wildman–Crippen LogP) is 3.50. The van der Waals surface area contributed by atoms with E-state index in [2.05, 4.69) is 10.2 Å². The van der Waals surface area contributed by atoms with Gasteiger partial charge in [0.05, 0.1) is 29.5 Å². The van der Waals surface area contributed by atoms with Gasteiger partial charge in [-0.05, 0) is 49.9 Å². The second-order valence-electron chi connectivity index (χ2n) is 7.78. The fraction of sp³-hybridized carbons (Fsp3) is 0.435. The van der Waals surface area contributed by atoms with Crippen molar-refractivity contribution in [3.63, 3.8) is 0 Å². The zero-order valence-electron chi connectivity index (χ0n) is 17.3. The first-order valence-electron chi connectivity index (χ1n) is 10.3. The third-order valence-corrected chi connectivity index (χ3v) is 6.05. The summed E-state index contributed by atoms with van der Waals surface area (Å²) in [6, 6.07) is 12.9. The molecule has 7 heteroatoms. The highest BCUT2D eigenvalue weighted by Gasteiger charge is 2.22. The van der Waals surface area contributed by atoms with E-state index in [1.54, 1.807) is 12.1 Å². The molecule has 1 aliphatic rings. The average molecular weight is 432 g/mol. The summed E-state index contributed by atoms with van der Waals surface area (Å²) in [6.45, 7) is 3.43. The number of nitrogen functional groups attached to an aromatic ring is 1. The summed E-state index contributed by atoms with van der Waals surface area (Å²) in [5.41, 5.74) is 7.52. The van der Waals surface area contributed by atoms with Crippen molar-refractivity contribution in [3.8, 4) is 5.75 Å². The normalized spacial score (nSPS) is 16.2. The number of anilines is 1. The lowest BCUT2D eigenvalue weighted by Gasteiger charge is -2.32. The summed E-state index contributed by atoms with van der Waals surface area (Å²) in [4.78, 5) is 15.0. The van der Waals surface area contributed by atoms with Crippen LogP contribution in [0, 0.1) is 5.92 Å². The van der Waals surface area contributed by atoms with Crippen LogP contribution in [0.3, 0.4) is 0 Å². The summed E-state index contributed by atoms with van der Waals surface area (Å²) >= 11 is 6.06.